The van der Waals surface area contributed by atoms with Crippen molar-refractivity contribution in [1.82, 2.24) is 4.98 Å². The molecule has 0 aliphatic carbocycles. The van der Waals surface area contributed by atoms with E-state index in [1.165, 1.54) is 0 Å². The molecule has 0 aromatic carbocycles. The van der Waals surface area contributed by atoms with E-state index in [0.29, 0.717) is 11.8 Å². The minimum atomic E-state index is 0.0250. The van der Waals surface area contributed by atoms with Gasteiger partial charge in [0.05, 0.1) is 11.2 Å². The summed E-state index contributed by atoms with van der Waals surface area (Å²) in [6.07, 6.45) is 1.89. The van der Waals surface area contributed by atoms with E-state index in [9.17, 15) is 0 Å². The van der Waals surface area contributed by atoms with Gasteiger partial charge in [-0.05, 0) is 12.8 Å². The van der Waals surface area contributed by atoms with Crippen LogP contribution in [0.2, 0.25) is 0 Å². The van der Waals surface area contributed by atoms with Crippen molar-refractivity contribution in [2.75, 3.05) is 11.8 Å². The van der Waals surface area contributed by atoms with E-state index in [1.807, 2.05) is 5.51 Å². The molecular weight excluding hydrogens is 225 g/mol. The number of hydrogen-bond donors (Lipinski definition) is 0. The van der Waals surface area contributed by atoms with E-state index in [1.54, 1.807) is 11.3 Å². The van der Waals surface area contributed by atoms with Crippen LogP contribution in [0, 0.1) is 5.41 Å². The second-order valence-electron chi connectivity index (χ2n) is 3.28. The molecule has 0 amide bonds. The van der Waals surface area contributed by atoms with Crippen LogP contribution in [-0.2, 0) is 6.42 Å². The fraction of sp³-hybridized carbons (Fsp3) is 0.667. The smallest absolute Gasteiger partial charge is 0.0794 e. The Kier molecular flexibility index (Phi) is 4.50. The van der Waals surface area contributed by atoms with Gasteiger partial charge in [-0.15, -0.1) is 34.5 Å². The molecule has 0 saturated heterocycles. The fourth-order valence-electron chi connectivity index (χ4n) is 1.15. The SMILES string of the molecule is CCC(CCl)(CCl)Cc1cscn1. The number of rotatable bonds is 5. The minimum absolute atomic E-state index is 0.0250. The molecule has 1 heterocycles. The Bertz CT molecular complexity index is 224. The first-order chi connectivity index (χ1) is 6.26. The number of alkyl halides is 2. The molecule has 0 fully saturated rings. The van der Waals surface area contributed by atoms with Gasteiger partial charge in [0.25, 0.3) is 0 Å². The van der Waals surface area contributed by atoms with Gasteiger partial charge in [0, 0.05) is 22.6 Å². The van der Waals surface area contributed by atoms with Crippen LogP contribution in [0.3, 0.4) is 0 Å². The van der Waals surface area contributed by atoms with Crippen molar-refractivity contribution in [3.05, 3.63) is 16.6 Å². The zero-order valence-corrected chi connectivity index (χ0v) is 9.92. The third kappa shape index (κ3) is 2.83. The highest BCUT2D eigenvalue weighted by Crippen LogP contribution is 2.30. The fourth-order valence-corrected chi connectivity index (χ4v) is 2.56. The van der Waals surface area contributed by atoms with Crippen LogP contribution in [0.25, 0.3) is 0 Å². The highest BCUT2D eigenvalue weighted by Gasteiger charge is 2.27. The molecule has 0 radical (unpaired) electrons. The van der Waals surface area contributed by atoms with Gasteiger partial charge in [0.1, 0.15) is 0 Å². The van der Waals surface area contributed by atoms with Crippen LogP contribution < -0.4 is 0 Å². The van der Waals surface area contributed by atoms with Crippen molar-refractivity contribution in [2.24, 2.45) is 5.41 Å². The second kappa shape index (κ2) is 5.18. The molecule has 4 heteroatoms. The standard InChI is InChI=1S/C9H13Cl2NS/c1-2-9(5-10,6-11)3-8-4-13-7-12-8/h4,7H,2-3,5-6H2,1H3. The molecule has 13 heavy (non-hydrogen) atoms. The van der Waals surface area contributed by atoms with Gasteiger partial charge >= 0.3 is 0 Å². The Hall–Kier alpha value is 0.210. The summed E-state index contributed by atoms with van der Waals surface area (Å²) in [7, 11) is 0. The van der Waals surface area contributed by atoms with Crippen molar-refractivity contribution in [2.45, 2.75) is 19.8 Å². The van der Waals surface area contributed by atoms with Crippen LogP contribution in [0.1, 0.15) is 19.0 Å². The Morgan fingerprint density at radius 2 is 2.15 bits per heavy atom. The van der Waals surface area contributed by atoms with E-state index in [2.05, 4.69) is 17.3 Å². The maximum atomic E-state index is 5.93. The van der Waals surface area contributed by atoms with E-state index >= 15 is 0 Å². The molecule has 0 aliphatic heterocycles. The topological polar surface area (TPSA) is 12.9 Å². The summed E-state index contributed by atoms with van der Waals surface area (Å²) >= 11 is 13.5. The number of hydrogen-bond acceptors (Lipinski definition) is 2. The van der Waals surface area contributed by atoms with E-state index < -0.39 is 0 Å². The predicted octanol–water partition coefficient (Wildman–Crippen LogP) is 3.56. The van der Waals surface area contributed by atoms with E-state index in [-0.39, 0.29) is 5.41 Å². The van der Waals surface area contributed by atoms with E-state index in [0.717, 1.165) is 18.5 Å². The highest BCUT2D eigenvalue weighted by atomic mass is 35.5. The summed E-state index contributed by atoms with van der Waals surface area (Å²) in [4.78, 5) is 4.25. The minimum Gasteiger partial charge on any atom is -0.250 e. The predicted molar refractivity (Wildman–Crippen MR) is 60.0 cm³/mol. The first-order valence-electron chi connectivity index (χ1n) is 4.25. The van der Waals surface area contributed by atoms with Crippen molar-refractivity contribution < 1.29 is 0 Å². The van der Waals surface area contributed by atoms with Crippen molar-refractivity contribution >= 4 is 34.5 Å². The van der Waals surface area contributed by atoms with E-state index in [4.69, 9.17) is 23.2 Å². The van der Waals surface area contributed by atoms with Gasteiger partial charge in [-0.1, -0.05) is 6.92 Å². The summed E-state index contributed by atoms with van der Waals surface area (Å²) in [5.41, 5.74) is 2.98. The lowest BCUT2D eigenvalue weighted by atomic mass is 9.85. The first kappa shape index (κ1) is 11.3. The first-order valence-corrected chi connectivity index (χ1v) is 6.26. The lowest BCUT2D eigenvalue weighted by molar-refractivity contribution is 0.359. The van der Waals surface area contributed by atoms with Gasteiger partial charge in [0.15, 0.2) is 0 Å². The number of thiazole rings is 1. The molecule has 0 aliphatic rings. The normalized spacial score (nSPS) is 11.9. The largest absolute Gasteiger partial charge is 0.250 e. The van der Waals surface area contributed by atoms with Crippen LogP contribution in [0.4, 0.5) is 0 Å². The Morgan fingerprint density at radius 3 is 2.54 bits per heavy atom. The molecule has 0 spiro atoms. The van der Waals surface area contributed by atoms with Gasteiger partial charge in [-0.2, -0.15) is 0 Å². The van der Waals surface area contributed by atoms with Crippen molar-refractivity contribution in [3.8, 4) is 0 Å². The third-order valence-corrected chi connectivity index (χ3v) is 4.13. The lowest BCUT2D eigenvalue weighted by Crippen LogP contribution is -2.27. The molecule has 0 bridgehead atoms. The van der Waals surface area contributed by atoms with Crippen LogP contribution in [0.5, 0.6) is 0 Å². The average molecular weight is 238 g/mol. The molecule has 1 aromatic heterocycles. The Balaban J connectivity index is 2.67. The molecule has 1 aromatic rings. The number of aromatic nitrogens is 1. The van der Waals surface area contributed by atoms with Crippen molar-refractivity contribution in [3.63, 3.8) is 0 Å². The van der Waals surface area contributed by atoms with Gasteiger partial charge < -0.3 is 0 Å². The Morgan fingerprint density at radius 1 is 1.46 bits per heavy atom. The zero-order valence-electron chi connectivity index (χ0n) is 7.59. The van der Waals surface area contributed by atoms with Crippen molar-refractivity contribution in [1.29, 1.82) is 0 Å². The molecule has 0 saturated carbocycles. The zero-order chi connectivity index (χ0) is 9.73. The second-order valence-corrected chi connectivity index (χ2v) is 4.53. The molecule has 1 nitrogen and oxygen atoms in total. The molecule has 0 unspecified atom stereocenters. The molecule has 0 N–H and O–H groups in total. The summed E-state index contributed by atoms with van der Waals surface area (Å²) < 4.78 is 0. The van der Waals surface area contributed by atoms with Crippen LogP contribution >= 0.6 is 34.5 Å². The van der Waals surface area contributed by atoms with Gasteiger partial charge in [0.2, 0.25) is 0 Å². The Labute approximate surface area is 93.1 Å². The maximum Gasteiger partial charge on any atom is 0.0794 e. The quantitative estimate of drug-likeness (QED) is 0.715. The number of halogens is 2. The maximum absolute atomic E-state index is 5.93. The average Bonchev–Trinajstić information content (AvgIpc) is 2.67. The highest BCUT2D eigenvalue weighted by molar-refractivity contribution is 7.07. The van der Waals surface area contributed by atoms with Gasteiger partial charge in [-0.3, -0.25) is 0 Å². The molecule has 1 rings (SSSR count). The summed E-state index contributed by atoms with van der Waals surface area (Å²) in [5, 5.41) is 2.06. The summed E-state index contributed by atoms with van der Waals surface area (Å²) in [6, 6.07) is 0. The van der Waals surface area contributed by atoms with Crippen LogP contribution in [0.15, 0.2) is 10.9 Å². The van der Waals surface area contributed by atoms with Crippen LogP contribution in [-0.4, -0.2) is 16.7 Å². The van der Waals surface area contributed by atoms with Gasteiger partial charge in [-0.25, -0.2) is 4.98 Å². The number of nitrogens with zero attached hydrogens (tertiary/aromatic N) is 1. The monoisotopic (exact) mass is 237 g/mol. The summed E-state index contributed by atoms with van der Waals surface area (Å²) in [6.45, 7) is 2.12. The molecule has 74 valence electrons. The molecule has 0 atom stereocenters. The molecular formula is C9H13Cl2NS. The lowest BCUT2D eigenvalue weighted by Gasteiger charge is -2.26. The summed E-state index contributed by atoms with van der Waals surface area (Å²) in [5.74, 6) is 1.20. The third-order valence-electron chi connectivity index (χ3n) is 2.36.